The van der Waals surface area contributed by atoms with E-state index >= 15 is 0 Å². The molecule has 2 saturated carbocycles. The van der Waals surface area contributed by atoms with Gasteiger partial charge in [-0.25, -0.2) is 0 Å². The topological polar surface area (TPSA) is 74.8 Å². The molecular formula is C19H37IN4O2. The number of nitrogens with zero attached hydrogens (tertiary/aromatic N) is 1. The van der Waals surface area contributed by atoms with Gasteiger partial charge >= 0.3 is 0 Å². The third-order valence-electron chi connectivity index (χ3n) is 4.80. The lowest BCUT2D eigenvalue weighted by Gasteiger charge is -2.13. The van der Waals surface area contributed by atoms with E-state index in [1.54, 1.807) is 0 Å². The molecule has 0 aromatic rings. The summed E-state index contributed by atoms with van der Waals surface area (Å²) in [6.45, 7) is 6.69. The van der Waals surface area contributed by atoms with Crippen LogP contribution in [-0.2, 0) is 9.53 Å². The van der Waals surface area contributed by atoms with Crippen LogP contribution in [-0.4, -0.2) is 51.3 Å². The molecule has 7 heteroatoms. The van der Waals surface area contributed by atoms with Crippen molar-refractivity contribution in [3.05, 3.63) is 0 Å². The van der Waals surface area contributed by atoms with E-state index in [1.807, 2.05) is 0 Å². The minimum atomic E-state index is 0. The van der Waals surface area contributed by atoms with E-state index in [9.17, 15) is 4.79 Å². The lowest BCUT2D eigenvalue weighted by atomic mass is 10.0. The predicted molar refractivity (Wildman–Crippen MR) is 117 cm³/mol. The van der Waals surface area contributed by atoms with Gasteiger partial charge in [0.25, 0.3) is 0 Å². The van der Waals surface area contributed by atoms with Crippen molar-refractivity contribution in [1.29, 1.82) is 0 Å². The zero-order valence-corrected chi connectivity index (χ0v) is 18.6. The molecule has 2 rings (SSSR count). The molecule has 26 heavy (non-hydrogen) atoms. The van der Waals surface area contributed by atoms with Gasteiger partial charge in [-0.15, -0.1) is 24.0 Å². The second-order valence-corrected chi connectivity index (χ2v) is 7.26. The van der Waals surface area contributed by atoms with Crippen LogP contribution in [0, 0.1) is 11.8 Å². The van der Waals surface area contributed by atoms with Gasteiger partial charge in [0.1, 0.15) is 0 Å². The highest BCUT2D eigenvalue weighted by Gasteiger charge is 2.20. The molecule has 2 fully saturated rings. The number of ether oxygens (including phenoxy) is 1. The van der Waals surface area contributed by atoms with Crippen molar-refractivity contribution < 1.29 is 9.53 Å². The highest BCUT2D eigenvalue weighted by atomic mass is 127. The average molecular weight is 480 g/mol. The fraction of sp³-hybridized carbons (Fsp3) is 0.895. The van der Waals surface area contributed by atoms with Gasteiger partial charge in [-0.05, 0) is 50.9 Å². The van der Waals surface area contributed by atoms with Gasteiger partial charge in [0.2, 0.25) is 5.91 Å². The van der Waals surface area contributed by atoms with E-state index in [1.165, 1.54) is 38.5 Å². The van der Waals surface area contributed by atoms with Crippen molar-refractivity contribution in [3.63, 3.8) is 0 Å². The van der Waals surface area contributed by atoms with Crippen LogP contribution in [0.15, 0.2) is 4.99 Å². The van der Waals surface area contributed by atoms with E-state index in [0.717, 1.165) is 44.6 Å². The van der Waals surface area contributed by atoms with Crippen LogP contribution in [0.3, 0.4) is 0 Å². The Kier molecular flexibility index (Phi) is 13.1. The van der Waals surface area contributed by atoms with Gasteiger partial charge in [-0.2, -0.15) is 0 Å². The first kappa shape index (κ1) is 23.5. The Bertz CT molecular complexity index is 410. The standard InChI is InChI=1S/C19H36N4O2.HI/c1-2-20-19(22-10-5-13-25-15-17-8-9-17)23-12-11-21-18(24)14-16-6-3-4-7-16;/h16-17H,2-15H2,1H3,(H,21,24)(H2,20,22,23);1H. The first-order chi connectivity index (χ1) is 12.3. The maximum atomic E-state index is 11.9. The molecule has 1 amide bonds. The SMILES string of the molecule is CCNC(=NCCCOCC1CC1)NCCNC(=O)CC1CCCC1.I. The minimum absolute atomic E-state index is 0. The van der Waals surface area contributed by atoms with Crippen molar-refractivity contribution in [2.45, 2.75) is 58.3 Å². The van der Waals surface area contributed by atoms with Crippen LogP contribution < -0.4 is 16.0 Å². The number of hydrogen-bond acceptors (Lipinski definition) is 3. The highest BCUT2D eigenvalue weighted by molar-refractivity contribution is 14.0. The van der Waals surface area contributed by atoms with Crippen LogP contribution >= 0.6 is 24.0 Å². The van der Waals surface area contributed by atoms with E-state index in [2.05, 4.69) is 27.9 Å². The zero-order valence-electron chi connectivity index (χ0n) is 16.2. The van der Waals surface area contributed by atoms with Crippen LogP contribution in [0.1, 0.15) is 58.3 Å². The zero-order chi connectivity index (χ0) is 17.7. The van der Waals surface area contributed by atoms with Gasteiger partial charge in [-0.3, -0.25) is 9.79 Å². The fourth-order valence-corrected chi connectivity index (χ4v) is 3.17. The van der Waals surface area contributed by atoms with Crippen LogP contribution in [0.4, 0.5) is 0 Å². The van der Waals surface area contributed by atoms with Gasteiger partial charge in [0, 0.05) is 45.8 Å². The van der Waals surface area contributed by atoms with Crippen molar-refractivity contribution in [2.75, 3.05) is 39.4 Å². The van der Waals surface area contributed by atoms with Crippen LogP contribution in [0.25, 0.3) is 0 Å². The summed E-state index contributed by atoms with van der Waals surface area (Å²) in [6.07, 6.45) is 9.31. The molecule has 0 aromatic heterocycles. The van der Waals surface area contributed by atoms with E-state index in [0.29, 0.717) is 25.4 Å². The molecule has 0 aromatic carbocycles. The quantitative estimate of drug-likeness (QED) is 0.174. The second-order valence-electron chi connectivity index (χ2n) is 7.26. The van der Waals surface area contributed by atoms with Crippen molar-refractivity contribution in [1.82, 2.24) is 16.0 Å². The van der Waals surface area contributed by atoms with Crippen LogP contribution in [0.2, 0.25) is 0 Å². The highest BCUT2D eigenvalue weighted by Crippen LogP contribution is 2.28. The fourth-order valence-electron chi connectivity index (χ4n) is 3.17. The average Bonchev–Trinajstić information content (AvgIpc) is 3.29. The Morgan fingerprint density at radius 2 is 1.77 bits per heavy atom. The Morgan fingerprint density at radius 3 is 2.46 bits per heavy atom. The molecule has 0 unspecified atom stereocenters. The first-order valence-corrected chi connectivity index (χ1v) is 10.1. The molecule has 3 N–H and O–H groups in total. The molecule has 0 saturated heterocycles. The number of carbonyl (C=O) groups excluding carboxylic acids is 1. The maximum absolute atomic E-state index is 11.9. The molecule has 2 aliphatic carbocycles. The molecule has 152 valence electrons. The molecule has 0 aliphatic heterocycles. The molecule has 6 nitrogen and oxygen atoms in total. The molecule has 0 atom stereocenters. The summed E-state index contributed by atoms with van der Waals surface area (Å²) in [5, 5.41) is 9.51. The van der Waals surface area contributed by atoms with Crippen molar-refractivity contribution in [2.24, 2.45) is 16.8 Å². The minimum Gasteiger partial charge on any atom is -0.381 e. The summed E-state index contributed by atoms with van der Waals surface area (Å²) in [5.41, 5.74) is 0. The van der Waals surface area contributed by atoms with Crippen molar-refractivity contribution in [3.8, 4) is 0 Å². The van der Waals surface area contributed by atoms with Crippen molar-refractivity contribution >= 4 is 35.8 Å². The maximum Gasteiger partial charge on any atom is 0.220 e. The number of halogens is 1. The second kappa shape index (κ2) is 14.5. The molecule has 2 aliphatic rings. The summed E-state index contributed by atoms with van der Waals surface area (Å²) < 4.78 is 5.62. The summed E-state index contributed by atoms with van der Waals surface area (Å²) >= 11 is 0. The number of rotatable bonds is 12. The number of aliphatic imine (C=N–C) groups is 1. The smallest absolute Gasteiger partial charge is 0.220 e. The lowest BCUT2D eigenvalue weighted by Crippen LogP contribution is -2.41. The lowest BCUT2D eigenvalue weighted by molar-refractivity contribution is -0.121. The molecular weight excluding hydrogens is 443 g/mol. The van der Waals surface area contributed by atoms with Gasteiger partial charge in [-0.1, -0.05) is 12.8 Å². The largest absolute Gasteiger partial charge is 0.381 e. The normalized spacial score (nSPS) is 17.7. The third kappa shape index (κ3) is 11.2. The van der Waals surface area contributed by atoms with Crippen LogP contribution in [0.5, 0.6) is 0 Å². The number of hydrogen-bond donors (Lipinski definition) is 3. The first-order valence-electron chi connectivity index (χ1n) is 10.1. The molecule has 0 spiro atoms. The van der Waals surface area contributed by atoms with Gasteiger partial charge in [0.15, 0.2) is 5.96 Å². The molecule has 0 heterocycles. The van der Waals surface area contributed by atoms with E-state index < -0.39 is 0 Å². The Labute approximate surface area is 175 Å². The third-order valence-corrected chi connectivity index (χ3v) is 4.80. The van der Waals surface area contributed by atoms with E-state index in [-0.39, 0.29) is 29.9 Å². The molecule has 0 bridgehead atoms. The van der Waals surface area contributed by atoms with E-state index in [4.69, 9.17) is 4.74 Å². The summed E-state index contributed by atoms with van der Waals surface area (Å²) in [7, 11) is 0. The Balaban J connectivity index is 0.00000338. The monoisotopic (exact) mass is 480 g/mol. The Hall–Kier alpha value is -0.570. The summed E-state index contributed by atoms with van der Waals surface area (Å²) in [5.74, 6) is 2.43. The summed E-state index contributed by atoms with van der Waals surface area (Å²) in [6, 6.07) is 0. The number of nitrogens with one attached hydrogen (secondary N) is 3. The summed E-state index contributed by atoms with van der Waals surface area (Å²) in [4.78, 5) is 16.4. The number of guanidine groups is 1. The number of carbonyl (C=O) groups is 1. The number of amides is 1. The van der Waals surface area contributed by atoms with Gasteiger partial charge < -0.3 is 20.7 Å². The predicted octanol–water partition coefficient (Wildman–Crippen LogP) is 2.67. The van der Waals surface area contributed by atoms with Gasteiger partial charge in [0.05, 0.1) is 0 Å². The Morgan fingerprint density at radius 1 is 1.04 bits per heavy atom. The molecule has 0 radical (unpaired) electrons.